The van der Waals surface area contributed by atoms with Crippen LogP contribution in [-0.4, -0.2) is 122 Å². The van der Waals surface area contributed by atoms with Crippen LogP contribution in [0.1, 0.15) is 52.6 Å². The van der Waals surface area contributed by atoms with Gasteiger partial charge in [0.1, 0.15) is 23.0 Å². The van der Waals surface area contributed by atoms with Gasteiger partial charge in [0.25, 0.3) is 60.7 Å². The number of non-ortho nitro benzene ring substituents is 3. The molecule has 136 heavy (non-hydrogen) atoms. The Bertz CT molecular complexity index is 7260. The number of carbonyl (C=O) groups is 4. The van der Waals surface area contributed by atoms with E-state index in [9.17, 15) is 83.2 Å². The lowest BCUT2D eigenvalue weighted by Crippen LogP contribution is -2.22. The van der Waals surface area contributed by atoms with E-state index >= 15 is 0 Å². The van der Waals surface area contributed by atoms with Crippen LogP contribution in [0.3, 0.4) is 0 Å². The van der Waals surface area contributed by atoms with Gasteiger partial charge in [-0.25, -0.2) is 33.7 Å². The third-order valence-corrected chi connectivity index (χ3v) is 28.4. The highest BCUT2D eigenvalue weighted by Crippen LogP contribution is 2.42. The van der Waals surface area contributed by atoms with Gasteiger partial charge in [-0.15, -0.1) is 0 Å². The fraction of sp³-hybridized carbons (Fsp3) is 0.0928. The number of amides is 4. The molecule has 0 saturated carbocycles. The lowest BCUT2D eigenvalue weighted by Gasteiger charge is -2.20. The van der Waals surface area contributed by atoms with Crippen LogP contribution < -0.4 is 59.9 Å². The van der Waals surface area contributed by atoms with Gasteiger partial charge >= 0.3 is 0 Å². The number of nitro benzene ring substituents is 3. The number of ether oxygens (including phenoxy) is 4. The highest BCUT2D eigenvalue weighted by atomic mass is 32.2. The van der Waals surface area contributed by atoms with Crippen molar-refractivity contribution in [2.75, 3.05) is 90.5 Å². The van der Waals surface area contributed by atoms with E-state index in [2.05, 4.69) is 36.0 Å². The summed E-state index contributed by atoms with van der Waals surface area (Å²) >= 11 is 2.34. The SMILES string of the molecule is CNc1cccc(S(=O)(=O)c2ccc(C)cc2)c1C(=O)Nc1ccccc1OC.COc1ccccc1NC(=O)c1c(N(C)C)cccc1S(=O)(=O)c1ccc([N+](=O)[O-])cc1.COc1ccccc1NC(=O)c1c(NS(=O)(=O)c2ccc(C)cc2)cccc1Sc1ccc([N+](=O)[O-])cc1.COc1ccccc1NC(=O)c1c(NS(=O)(=O)c2ccccc2)cccc1Sc1ccc([N+](=O)[O-])cc1. The highest BCUT2D eigenvalue weighted by molar-refractivity contribution is 7.99. The molecule has 0 radical (unpaired) electrons. The Hall–Kier alpha value is -15.9. The minimum atomic E-state index is -4.16. The molecule has 14 aromatic rings. The van der Waals surface area contributed by atoms with Crippen LogP contribution in [0.2, 0.25) is 0 Å². The van der Waals surface area contributed by atoms with E-state index in [0.717, 1.165) is 35.4 Å². The second-order valence-corrected chi connectivity index (χ2v) is 38.5. The quantitative estimate of drug-likeness (QED) is 0.0157. The number of sulfonamides is 2. The number of rotatable bonds is 31. The summed E-state index contributed by atoms with van der Waals surface area (Å²) in [6.45, 7) is 3.73. The van der Waals surface area contributed by atoms with E-state index in [1.807, 2.05) is 13.8 Å². The maximum Gasteiger partial charge on any atom is 0.269 e. The molecule has 0 bridgehead atoms. The Labute approximate surface area is 792 Å². The van der Waals surface area contributed by atoms with Gasteiger partial charge in [0.15, 0.2) is 0 Å². The van der Waals surface area contributed by atoms with Gasteiger partial charge in [-0.1, -0.05) is 150 Å². The van der Waals surface area contributed by atoms with Crippen LogP contribution >= 0.6 is 23.5 Å². The summed E-state index contributed by atoms with van der Waals surface area (Å²) in [6.07, 6.45) is 0. The highest BCUT2D eigenvalue weighted by Gasteiger charge is 2.32. The molecule has 7 N–H and O–H groups in total. The number of carbonyl (C=O) groups excluding carboxylic acids is 4. The average molecular weight is 1950 g/mol. The van der Waals surface area contributed by atoms with Crippen LogP contribution in [0.25, 0.3) is 0 Å². The second kappa shape index (κ2) is 45.5. The molecule has 14 aromatic carbocycles. The molecule has 4 amide bonds. The molecule has 33 nitrogen and oxygen atoms in total. The summed E-state index contributed by atoms with van der Waals surface area (Å²) in [6, 6.07) is 83.1. The van der Waals surface area contributed by atoms with Crippen LogP contribution in [0, 0.1) is 44.2 Å². The number of methoxy groups -OCH3 is 4. The predicted octanol–water partition coefficient (Wildman–Crippen LogP) is 19.8. The topological polar surface area (TPSA) is 459 Å². The minimum Gasteiger partial charge on any atom is -0.495 e. The summed E-state index contributed by atoms with van der Waals surface area (Å²) < 4.78 is 132. The fourth-order valence-electron chi connectivity index (χ4n) is 13.1. The number of anilines is 8. The van der Waals surface area contributed by atoms with E-state index < -0.39 is 78.1 Å². The van der Waals surface area contributed by atoms with Gasteiger partial charge in [-0.05, 0) is 184 Å². The molecule has 0 spiro atoms. The number of nitro groups is 3. The molecule has 0 aliphatic rings. The lowest BCUT2D eigenvalue weighted by molar-refractivity contribution is -0.385. The Morgan fingerprint density at radius 3 is 0.934 bits per heavy atom. The monoisotopic (exact) mass is 1950 g/mol. The number of nitrogens with zero attached hydrogens (tertiary/aromatic N) is 4. The average Bonchev–Trinajstić information content (AvgIpc) is 0.762. The number of hydrogen-bond donors (Lipinski definition) is 7. The van der Waals surface area contributed by atoms with E-state index in [0.29, 0.717) is 76.7 Å². The number of benzene rings is 14. The van der Waals surface area contributed by atoms with Gasteiger partial charge in [-0.2, -0.15) is 0 Å². The zero-order valence-electron chi connectivity index (χ0n) is 73.8. The summed E-state index contributed by atoms with van der Waals surface area (Å²) in [4.78, 5) is 88.5. The van der Waals surface area contributed by atoms with Crippen molar-refractivity contribution in [2.45, 2.75) is 62.8 Å². The van der Waals surface area contributed by atoms with Crippen LogP contribution in [0.5, 0.6) is 23.0 Å². The number of hydrogen-bond acceptors (Lipinski definition) is 26. The molecule has 698 valence electrons. The largest absolute Gasteiger partial charge is 0.495 e. The van der Waals surface area contributed by atoms with E-state index in [1.165, 1.54) is 131 Å². The molecule has 0 saturated heterocycles. The standard InChI is InChI=1S/C27H23N3O6S2.C26H21N3O6S2.C22H21N3O6S.C22H22N2O4S/c1-18-10-16-21(17-11-18)38(34,35)29-23-7-5-9-25(37-20-14-12-19(13-15-20)30(32)33)26(23)27(31)28-22-6-3-4-8-24(22)36-2;1-35-23-12-6-5-10-21(23)27-26(30)25-22(28-37(33,34)20-8-3-2-4-9-20)11-7-13-24(25)36-19-16-14-18(15-17-19)29(31)32;1-24(2)18-8-6-10-20(32(29,30)16-13-11-15(12-14-16)25(27)28)21(18)22(26)23-17-7-4-5-9-19(17)31-3;1-15-11-13-16(14-12-15)29(26,27)20-10-6-8-18(23-2)21(20)22(25)24-17-7-4-5-9-19(17)28-3/h3-17,29H,1-2H3,(H,28,31);2-17,28H,1H3,(H,27,30);4-14H,1-3H3,(H,23,26);4-14,23H,1-3H3,(H,24,25). The van der Waals surface area contributed by atoms with E-state index in [4.69, 9.17) is 18.9 Å². The molecule has 39 heteroatoms. The van der Waals surface area contributed by atoms with Gasteiger partial charge in [0, 0.05) is 82.8 Å². The van der Waals surface area contributed by atoms with Crippen molar-refractivity contribution in [1.29, 1.82) is 0 Å². The molecule has 0 aliphatic carbocycles. The van der Waals surface area contributed by atoms with Gasteiger partial charge in [0.2, 0.25) is 19.7 Å². The molecule has 0 unspecified atom stereocenters. The van der Waals surface area contributed by atoms with Gasteiger partial charge in [0.05, 0.1) is 135 Å². The number of para-hydroxylation sites is 8. The zero-order chi connectivity index (χ0) is 98.2. The predicted molar refractivity (Wildman–Crippen MR) is 522 cm³/mol. The fourth-order valence-corrected chi connectivity index (χ4v) is 20.2. The van der Waals surface area contributed by atoms with Crippen molar-refractivity contribution in [3.8, 4) is 23.0 Å². The molecule has 0 atom stereocenters. The second-order valence-electron chi connectivity index (χ2n) is 29.1. The van der Waals surface area contributed by atoms with E-state index in [-0.39, 0.29) is 80.1 Å². The Morgan fingerprint density at radius 1 is 0.309 bits per heavy atom. The van der Waals surface area contributed by atoms with Gasteiger partial charge < -0.3 is 50.4 Å². The van der Waals surface area contributed by atoms with Gasteiger partial charge in [-0.3, -0.25) is 59.0 Å². The maximum atomic E-state index is 13.6. The Balaban J connectivity index is 0.000000175. The number of nitrogens with one attached hydrogen (secondary N) is 7. The van der Waals surface area contributed by atoms with Crippen molar-refractivity contribution in [3.63, 3.8) is 0 Å². The van der Waals surface area contributed by atoms with Crippen molar-refractivity contribution in [2.24, 2.45) is 0 Å². The Kier molecular flexibility index (Phi) is 33.6. The first kappa shape index (κ1) is 101. The first-order valence-electron chi connectivity index (χ1n) is 40.5. The molecule has 0 fully saturated rings. The summed E-state index contributed by atoms with van der Waals surface area (Å²) in [5, 5.41) is 46.9. The normalized spacial score (nSPS) is 11.0. The van der Waals surface area contributed by atoms with Crippen molar-refractivity contribution >= 4 is 149 Å². The molecule has 0 heterocycles. The first-order chi connectivity index (χ1) is 65.0. The first-order valence-corrected chi connectivity index (χ1v) is 48.1. The molecular weight excluding hydrogens is 1860 g/mol. The number of sulfone groups is 2. The van der Waals surface area contributed by atoms with Crippen LogP contribution in [0.4, 0.5) is 62.6 Å². The molecule has 0 aliphatic heterocycles. The Morgan fingerprint density at radius 2 is 0.588 bits per heavy atom. The molecular formula is C97H87N11O22S6. The number of aryl methyl sites for hydroxylation is 2. The van der Waals surface area contributed by atoms with E-state index in [1.54, 1.807) is 244 Å². The molecule has 14 rings (SSSR count). The van der Waals surface area contributed by atoms with Crippen LogP contribution in [0.15, 0.2) is 370 Å². The summed E-state index contributed by atoms with van der Waals surface area (Å²) in [5.41, 5.74) is 4.22. The summed E-state index contributed by atoms with van der Waals surface area (Å²) in [5.74, 6) is -0.564. The maximum absolute atomic E-state index is 13.6. The van der Waals surface area contributed by atoms with Crippen molar-refractivity contribution in [3.05, 3.63) is 385 Å². The van der Waals surface area contributed by atoms with Crippen molar-refractivity contribution < 1.29 is 86.6 Å². The third kappa shape index (κ3) is 25.1. The third-order valence-electron chi connectivity index (χ3n) is 19.9. The summed E-state index contributed by atoms with van der Waals surface area (Å²) in [7, 11) is -5.15. The zero-order valence-corrected chi connectivity index (χ0v) is 78.7. The minimum absolute atomic E-state index is 0.0412. The van der Waals surface area contributed by atoms with Crippen molar-refractivity contribution in [1.82, 2.24) is 0 Å². The molecule has 0 aromatic heterocycles. The van der Waals surface area contributed by atoms with Crippen LogP contribution in [-0.2, 0) is 39.7 Å². The smallest absolute Gasteiger partial charge is 0.269 e. The lowest BCUT2D eigenvalue weighted by atomic mass is 10.1.